The number of benzene rings is 1. The lowest BCUT2D eigenvalue weighted by molar-refractivity contribution is 0.252. The van der Waals surface area contributed by atoms with E-state index >= 15 is 0 Å². The third-order valence-electron chi connectivity index (χ3n) is 2.64. The van der Waals surface area contributed by atoms with Crippen LogP contribution in [0.2, 0.25) is 10.0 Å². The highest BCUT2D eigenvalue weighted by Crippen LogP contribution is 2.36. The zero-order valence-electron chi connectivity index (χ0n) is 9.53. The number of halogens is 2. The number of rotatable bonds is 6. The van der Waals surface area contributed by atoms with Crippen LogP contribution < -0.4 is 9.47 Å². The van der Waals surface area contributed by atoms with Crippen molar-refractivity contribution in [3.63, 3.8) is 0 Å². The van der Waals surface area contributed by atoms with Crippen molar-refractivity contribution in [2.75, 3.05) is 26.4 Å². The summed E-state index contributed by atoms with van der Waals surface area (Å²) in [6.07, 6.45) is 0.363. The highest BCUT2D eigenvalue weighted by Gasteiger charge is 2.25. The summed E-state index contributed by atoms with van der Waals surface area (Å²) < 4.78 is 21.2. The fourth-order valence-corrected chi connectivity index (χ4v) is 1.92. The molecule has 0 N–H and O–H groups in total. The predicted octanol–water partition coefficient (Wildman–Crippen LogP) is 2.55. The van der Waals surface area contributed by atoms with Crippen molar-refractivity contribution >= 4 is 23.2 Å². The minimum atomic E-state index is 0.181. The summed E-state index contributed by atoms with van der Waals surface area (Å²) in [5, 5.41) is 0.936. The van der Waals surface area contributed by atoms with Gasteiger partial charge in [0.15, 0.2) is 0 Å². The van der Waals surface area contributed by atoms with Crippen LogP contribution in [0.4, 0.5) is 0 Å². The van der Waals surface area contributed by atoms with Crippen LogP contribution in [0.25, 0.3) is 0 Å². The van der Waals surface area contributed by atoms with Gasteiger partial charge in [-0.15, -0.1) is 0 Å². The van der Waals surface area contributed by atoms with Crippen LogP contribution in [0, 0.1) is 0 Å². The van der Waals surface area contributed by atoms with Crippen molar-refractivity contribution < 1.29 is 18.9 Å². The summed E-state index contributed by atoms with van der Waals surface area (Å²) in [6.45, 7) is 2.47. The second-order valence-corrected chi connectivity index (χ2v) is 5.06. The Hall–Kier alpha value is -0.680. The molecule has 0 spiro atoms. The number of hydrogen-bond donors (Lipinski definition) is 0. The Bertz CT molecular complexity index is 407. The SMILES string of the molecule is Clc1cc(Cl)c(OCC2CO2)cc1OCC1CO1. The standard InChI is InChI=1S/C12H12Cl2O4/c13-9-1-10(14)12(18-6-8-4-16-8)2-11(9)17-5-7-3-15-7/h1-2,7-8H,3-6H2. The van der Waals surface area contributed by atoms with Gasteiger partial charge < -0.3 is 18.9 Å². The molecule has 0 saturated carbocycles. The molecule has 6 heteroatoms. The van der Waals surface area contributed by atoms with Crippen LogP contribution in [-0.4, -0.2) is 38.6 Å². The molecule has 2 atom stereocenters. The lowest BCUT2D eigenvalue weighted by atomic mass is 10.3. The van der Waals surface area contributed by atoms with E-state index in [1.54, 1.807) is 12.1 Å². The Kier molecular flexibility index (Phi) is 3.52. The molecule has 2 heterocycles. The van der Waals surface area contributed by atoms with Crippen molar-refractivity contribution in [2.24, 2.45) is 0 Å². The molecule has 0 aromatic heterocycles. The lowest BCUT2D eigenvalue weighted by Crippen LogP contribution is -2.07. The summed E-state index contributed by atoms with van der Waals surface area (Å²) in [7, 11) is 0. The molecule has 0 aliphatic carbocycles. The van der Waals surface area contributed by atoms with Gasteiger partial charge in [-0.3, -0.25) is 0 Å². The van der Waals surface area contributed by atoms with E-state index in [1.165, 1.54) is 0 Å². The van der Waals surface area contributed by atoms with E-state index in [4.69, 9.17) is 42.1 Å². The first-order valence-electron chi connectivity index (χ1n) is 5.70. The topological polar surface area (TPSA) is 43.5 Å². The van der Waals surface area contributed by atoms with Gasteiger partial charge in [0.05, 0.1) is 23.3 Å². The maximum Gasteiger partial charge on any atom is 0.141 e. The summed E-state index contributed by atoms with van der Waals surface area (Å²) in [4.78, 5) is 0. The van der Waals surface area contributed by atoms with E-state index in [2.05, 4.69) is 0 Å². The first kappa shape index (κ1) is 12.4. The number of hydrogen-bond acceptors (Lipinski definition) is 4. The van der Waals surface area contributed by atoms with E-state index in [0.29, 0.717) is 34.8 Å². The first-order valence-corrected chi connectivity index (χ1v) is 6.46. The molecule has 0 amide bonds. The molecule has 0 bridgehead atoms. The summed E-state index contributed by atoms with van der Waals surface area (Å²) >= 11 is 12.1. The molecule has 4 nitrogen and oxygen atoms in total. The molecule has 2 unspecified atom stereocenters. The minimum Gasteiger partial charge on any atom is -0.489 e. The Morgan fingerprint density at radius 2 is 1.39 bits per heavy atom. The monoisotopic (exact) mass is 290 g/mol. The van der Waals surface area contributed by atoms with E-state index < -0.39 is 0 Å². The maximum absolute atomic E-state index is 6.05. The van der Waals surface area contributed by atoms with E-state index in [-0.39, 0.29) is 12.2 Å². The van der Waals surface area contributed by atoms with Gasteiger partial charge in [-0.25, -0.2) is 0 Å². The molecule has 98 valence electrons. The highest BCUT2D eigenvalue weighted by atomic mass is 35.5. The van der Waals surface area contributed by atoms with Gasteiger partial charge in [0, 0.05) is 6.07 Å². The van der Waals surface area contributed by atoms with Gasteiger partial charge in [-0.05, 0) is 6.07 Å². The highest BCUT2D eigenvalue weighted by molar-refractivity contribution is 6.36. The van der Waals surface area contributed by atoms with E-state index in [1.807, 2.05) is 0 Å². The Labute approximate surface area is 115 Å². The molecule has 2 aliphatic heterocycles. The summed E-state index contributed by atoms with van der Waals surface area (Å²) in [5.74, 6) is 1.12. The molecular weight excluding hydrogens is 279 g/mol. The smallest absolute Gasteiger partial charge is 0.141 e. The van der Waals surface area contributed by atoms with Gasteiger partial charge in [-0.2, -0.15) is 0 Å². The van der Waals surface area contributed by atoms with Crippen LogP contribution in [0.5, 0.6) is 11.5 Å². The Morgan fingerprint density at radius 1 is 0.944 bits per heavy atom. The predicted molar refractivity (Wildman–Crippen MR) is 66.9 cm³/mol. The average molecular weight is 291 g/mol. The Morgan fingerprint density at radius 3 is 1.78 bits per heavy atom. The molecule has 1 aromatic carbocycles. The van der Waals surface area contributed by atoms with Crippen molar-refractivity contribution in [2.45, 2.75) is 12.2 Å². The van der Waals surface area contributed by atoms with Crippen molar-refractivity contribution in [1.29, 1.82) is 0 Å². The van der Waals surface area contributed by atoms with Crippen molar-refractivity contribution in [3.8, 4) is 11.5 Å². The largest absolute Gasteiger partial charge is 0.489 e. The first-order chi connectivity index (χ1) is 8.72. The fourth-order valence-electron chi connectivity index (χ4n) is 1.43. The molecule has 3 rings (SSSR count). The molecule has 18 heavy (non-hydrogen) atoms. The number of epoxide rings is 2. The second kappa shape index (κ2) is 5.13. The van der Waals surface area contributed by atoms with Gasteiger partial charge in [0.2, 0.25) is 0 Å². The second-order valence-electron chi connectivity index (χ2n) is 4.25. The van der Waals surface area contributed by atoms with Gasteiger partial charge >= 0.3 is 0 Å². The van der Waals surface area contributed by atoms with Crippen LogP contribution in [-0.2, 0) is 9.47 Å². The van der Waals surface area contributed by atoms with E-state index in [9.17, 15) is 0 Å². The van der Waals surface area contributed by atoms with Gasteiger partial charge in [0.1, 0.15) is 36.9 Å². The molecular formula is C12H12Cl2O4. The van der Waals surface area contributed by atoms with E-state index in [0.717, 1.165) is 13.2 Å². The minimum absolute atomic E-state index is 0.181. The zero-order valence-corrected chi connectivity index (χ0v) is 11.0. The van der Waals surface area contributed by atoms with Crippen LogP contribution >= 0.6 is 23.2 Å². The quantitative estimate of drug-likeness (QED) is 0.755. The Balaban J connectivity index is 1.67. The van der Waals surface area contributed by atoms with Gasteiger partial charge in [-0.1, -0.05) is 23.2 Å². The summed E-state index contributed by atoms with van der Waals surface area (Å²) in [6, 6.07) is 3.32. The van der Waals surface area contributed by atoms with Crippen molar-refractivity contribution in [3.05, 3.63) is 22.2 Å². The van der Waals surface area contributed by atoms with Gasteiger partial charge in [0.25, 0.3) is 0 Å². The third-order valence-corrected chi connectivity index (χ3v) is 3.23. The third kappa shape index (κ3) is 3.20. The molecule has 2 saturated heterocycles. The average Bonchev–Trinajstić information content (AvgIpc) is 3.21. The zero-order chi connectivity index (χ0) is 12.5. The maximum atomic E-state index is 6.05. The van der Waals surface area contributed by atoms with Crippen molar-refractivity contribution in [1.82, 2.24) is 0 Å². The molecule has 1 aromatic rings. The van der Waals surface area contributed by atoms with Crippen LogP contribution in [0.15, 0.2) is 12.1 Å². The summed E-state index contributed by atoms with van der Waals surface area (Å²) in [5.41, 5.74) is 0. The van der Waals surface area contributed by atoms with Crippen LogP contribution in [0.1, 0.15) is 0 Å². The lowest BCUT2D eigenvalue weighted by Gasteiger charge is -2.11. The number of ether oxygens (including phenoxy) is 4. The van der Waals surface area contributed by atoms with Crippen LogP contribution in [0.3, 0.4) is 0 Å². The fraction of sp³-hybridized carbons (Fsp3) is 0.500. The molecule has 2 fully saturated rings. The normalized spacial score (nSPS) is 24.8. The molecule has 0 radical (unpaired) electrons. The molecule has 2 aliphatic rings.